The number of hydrogen-bond donors (Lipinski definition) is 0. The van der Waals surface area contributed by atoms with Gasteiger partial charge in [-0.05, 0) is 60.0 Å². The van der Waals surface area contributed by atoms with Crippen molar-refractivity contribution >= 4 is 21.8 Å². The molecule has 5 aromatic rings. The first-order valence-corrected chi connectivity index (χ1v) is 9.36. The van der Waals surface area contributed by atoms with E-state index in [1.54, 1.807) is 0 Å². The number of aryl methyl sites for hydroxylation is 1. The fourth-order valence-corrected chi connectivity index (χ4v) is 4.05. The van der Waals surface area contributed by atoms with Gasteiger partial charge in [-0.2, -0.15) is 5.26 Å². The molecule has 0 radical (unpaired) electrons. The van der Waals surface area contributed by atoms with Gasteiger partial charge in [0.1, 0.15) is 0 Å². The van der Waals surface area contributed by atoms with Crippen LogP contribution in [0.4, 0.5) is 0 Å². The van der Waals surface area contributed by atoms with Crippen LogP contribution >= 0.6 is 0 Å². The van der Waals surface area contributed by atoms with Crippen molar-refractivity contribution in [1.29, 1.82) is 5.26 Å². The summed E-state index contributed by atoms with van der Waals surface area (Å²) >= 11 is 0. The second-order valence-electron chi connectivity index (χ2n) is 7.06. The molecule has 0 N–H and O–H groups in total. The molecule has 0 spiro atoms. The zero-order valence-electron chi connectivity index (χ0n) is 15.6. The highest BCUT2D eigenvalue weighted by molar-refractivity contribution is 6.09. The number of benzene rings is 4. The molecule has 0 atom stereocenters. The Balaban J connectivity index is 1.67. The van der Waals surface area contributed by atoms with Crippen molar-refractivity contribution < 1.29 is 0 Å². The maximum absolute atomic E-state index is 9.09. The van der Waals surface area contributed by atoms with Crippen LogP contribution in [-0.4, -0.2) is 4.57 Å². The molecule has 28 heavy (non-hydrogen) atoms. The highest BCUT2D eigenvalue weighted by Crippen LogP contribution is 2.32. The molecular weight excluding hydrogens is 340 g/mol. The minimum Gasteiger partial charge on any atom is -0.309 e. The summed E-state index contributed by atoms with van der Waals surface area (Å²) in [5.74, 6) is 0. The molecule has 5 rings (SSSR count). The summed E-state index contributed by atoms with van der Waals surface area (Å²) in [6.45, 7) is 2.05. The van der Waals surface area contributed by atoms with Crippen molar-refractivity contribution in [1.82, 2.24) is 4.57 Å². The standard InChI is InChI=1S/C26H18N2/c1-18-16-19(17-27)10-15-22(18)20-11-13-21(14-12-20)28-25-8-4-2-6-23(25)24-7-3-5-9-26(24)28/h2-16H,1H3. The van der Waals surface area contributed by atoms with Crippen molar-refractivity contribution in [3.8, 4) is 22.9 Å². The van der Waals surface area contributed by atoms with E-state index in [1.165, 1.54) is 21.8 Å². The minimum atomic E-state index is 0.697. The van der Waals surface area contributed by atoms with Gasteiger partial charge >= 0.3 is 0 Å². The molecule has 0 amide bonds. The number of para-hydroxylation sites is 2. The van der Waals surface area contributed by atoms with Gasteiger partial charge in [0.15, 0.2) is 0 Å². The summed E-state index contributed by atoms with van der Waals surface area (Å²) < 4.78 is 2.32. The van der Waals surface area contributed by atoms with E-state index in [0.717, 1.165) is 22.4 Å². The average Bonchev–Trinajstić information content (AvgIpc) is 3.08. The minimum absolute atomic E-state index is 0.697. The Kier molecular flexibility index (Phi) is 3.74. The lowest BCUT2D eigenvalue weighted by Crippen LogP contribution is -1.94. The fraction of sp³-hybridized carbons (Fsp3) is 0.0385. The summed E-state index contributed by atoms with van der Waals surface area (Å²) in [7, 11) is 0. The van der Waals surface area contributed by atoms with Gasteiger partial charge in [0.05, 0.1) is 22.7 Å². The quantitative estimate of drug-likeness (QED) is 0.348. The topological polar surface area (TPSA) is 28.7 Å². The molecule has 132 valence electrons. The Morgan fingerprint density at radius 2 is 1.32 bits per heavy atom. The molecule has 4 aromatic carbocycles. The van der Waals surface area contributed by atoms with Crippen molar-refractivity contribution in [2.24, 2.45) is 0 Å². The number of rotatable bonds is 2. The number of nitriles is 1. The van der Waals surface area contributed by atoms with Crippen LogP contribution in [0.15, 0.2) is 91.0 Å². The second-order valence-corrected chi connectivity index (χ2v) is 7.06. The van der Waals surface area contributed by atoms with Gasteiger partial charge in [-0.1, -0.05) is 54.6 Å². The van der Waals surface area contributed by atoms with Crippen LogP contribution in [0.3, 0.4) is 0 Å². The molecule has 0 aliphatic heterocycles. The monoisotopic (exact) mass is 358 g/mol. The number of hydrogen-bond acceptors (Lipinski definition) is 1. The van der Waals surface area contributed by atoms with Crippen LogP contribution in [0.5, 0.6) is 0 Å². The van der Waals surface area contributed by atoms with Gasteiger partial charge in [-0.3, -0.25) is 0 Å². The van der Waals surface area contributed by atoms with E-state index in [9.17, 15) is 0 Å². The summed E-state index contributed by atoms with van der Waals surface area (Å²) in [5.41, 5.74) is 7.70. The van der Waals surface area contributed by atoms with E-state index in [-0.39, 0.29) is 0 Å². The number of aromatic nitrogens is 1. The van der Waals surface area contributed by atoms with Gasteiger partial charge in [0.2, 0.25) is 0 Å². The average molecular weight is 358 g/mol. The van der Waals surface area contributed by atoms with Gasteiger partial charge in [-0.15, -0.1) is 0 Å². The van der Waals surface area contributed by atoms with Crippen LogP contribution in [0.25, 0.3) is 38.6 Å². The molecule has 1 heterocycles. The molecule has 0 bridgehead atoms. The maximum atomic E-state index is 9.09. The summed E-state index contributed by atoms with van der Waals surface area (Å²) in [6, 6.07) is 33.8. The molecule has 0 unspecified atom stereocenters. The Bertz CT molecular complexity index is 1310. The highest BCUT2D eigenvalue weighted by atomic mass is 15.0. The Hall–Kier alpha value is -3.83. The van der Waals surface area contributed by atoms with Crippen LogP contribution < -0.4 is 0 Å². The van der Waals surface area contributed by atoms with Crippen molar-refractivity contribution in [3.63, 3.8) is 0 Å². The van der Waals surface area contributed by atoms with Crippen LogP contribution in [0.2, 0.25) is 0 Å². The summed E-state index contributed by atoms with van der Waals surface area (Å²) in [5, 5.41) is 11.6. The first-order valence-electron chi connectivity index (χ1n) is 9.36. The molecule has 0 aliphatic rings. The lowest BCUT2D eigenvalue weighted by molar-refractivity contribution is 1.18. The van der Waals surface area contributed by atoms with Gasteiger partial charge in [0, 0.05) is 16.5 Å². The summed E-state index contributed by atoms with van der Waals surface area (Å²) in [4.78, 5) is 0. The Morgan fingerprint density at radius 1 is 0.714 bits per heavy atom. The Morgan fingerprint density at radius 3 is 1.89 bits per heavy atom. The first kappa shape index (κ1) is 16.4. The zero-order chi connectivity index (χ0) is 19.1. The van der Waals surface area contributed by atoms with Crippen molar-refractivity contribution in [3.05, 3.63) is 102 Å². The second kappa shape index (κ2) is 6.40. The lowest BCUT2D eigenvalue weighted by Gasteiger charge is -2.11. The predicted molar refractivity (Wildman–Crippen MR) is 116 cm³/mol. The normalized spacial score (nSPS) is 11.0. The van der Waals surface area contributed by atoms with Gasteiger partial charge < -0.3 is 4.57 Å². The van der Waals surface area contributed by atoms with E-state index in [4.69, 9.17) is 5.26 Å². The zero-order valence-corrected chi connectivity index (χ0v) is 15.6. The van der Waals surface area contributed by atoms with Crippen LogP contribution in [0.1, 0.15) is 11.1 Å². The number of nitrogens with zero attached hydrogens (tertiary/aromatic N) is 2. The summed E-state index contributed by atoms with van der Waals surface area (Å²) in [6.07, 6.45) is 0. The molecule has 0 fully saturated rings. The molecule has 2 nitrogen and oxygen atoms in total. The molecule has 2 heteroatoms. The lowest BCUT2D eigenvalue weighted by atomic mass is 9.98. The van der Waals surface area contributed by atoms with Crippen molar-refractivity contribution in [2.75, 3.05) is 0 Å². The first-order chi connectivity index (χ1) is 13.8. The third-order valence-electron chi connectivity index (χ3n) is 5.37. The van der Waals surface area contributed by atoms with Crippen LogP contribution in [0, 0.1) is 18.3 Å². The van der Waals surface area contributed by atoms with E-state index in [0.29, 0.717) is 5.56 Å². The van der Waals surface area contributed by atoms with E-state index < -0.39 is 0 Å². The van der Waals surface area contributed by atoms with Gasteiger partial charge in [-0.25, -0.2) is 0 Å². The number of fused-ring (bicyclic) bond motifs is 3. The van der Waals surface area contributed by atoms with E-state index >= 15 is 0 Å². The Labute approximate surface area is 163 Å². The molecule has 1 aromatic heterocycles. The largest absolute Gasteiger partial charge is 0.309 e. The van der Waals surface area contributed by atoms with Crippen LogP contribution in [-0.2, 0) is 0 Å². The smallest absolute Gasteiger partial charge is 0.0991 e. The van der Waals surface area contributed by atoms with Crippen molar-refractivity contribution in [2.45, 2.75) is 6.92 Å². The molecule has 0 saturated heterocycles. The van der Waals surface area contributed by atoms with Gasteiger partial charge in [0.25, 0.3) is 0 Å². The third-order valence-corrected chi connectivity index (χ3v) is 5.37. The molecule has 0 aliphatic carbocycles. The van der Waals surface area contributed by atoms with E-state index in [2.05, 4.69) is 90.4 Å². The SMILES string of the molecule is Cc1cc(C#N)ccc1-c1ccc(-n2c3ccccc3c3ccccc32)cc1. The molecular formula is C26H18N2. The maximum Gasteiger partial charge on any atom is 0.0991 e. The third kappa shape index (κ3) is 2.49. The highest BCUT2D eigenvalue weighted by Gasteiger charge is 2.11. The van der Waals surface area contributed by atoms with E-state index in [1.807, 2.05) is 18.2 Å². The molecule has 0 saturated carbocycles. The fourth-order valence-electron chi connectivity index (χ4n) is 4.05. The predicted octanol–water partition coefficient (Wildman–Crippen LogP) is 6.63.